The van der Waals surface area contributed by atoms with Crippen molar-refractivity contribution >= 4 is 22.9 Å². The SMILES string of the molecule is NC(=O)NCCC(=O)N(Cc1ccc(-c2ccccc2)cc1)Cc1cc2ccccc2o1. The summed E-state index contributed by atoms with van der Waals surface area (Å²) >= 11 is 0. The topological polar surface area (TPSA) is 88.6 Å². The molecule has 4 rings (SSSR count). The van der Waals surface area contributed by atoms with Crippen LogP contribution in [0.25, 0.3) is 22.1 Å². The van der Waals surface area contributed by atoms with E-state index in [1.54, 1.807) is 4.90 Å². The highest BCUT2D eigenvalue weighted by Gasteiger charge is 2.17. The normalized spacial score (nSPS) is 10.8. The van der Waals surface area contributed by atoms with Crippen LogP contribution in [-0.2, 0) is 17.9 Å². The second-order valence-electron chi connectivity index (χ2n) is 7.60. The molecule has 32 heavy (non-hydrogen) atoms. The molecule has 0 aliphatic carbocycles. The van der Waals surface area contributed by atoms with Gasteiger partial charge >= 0.3 is 6.03 Å². The third-order valence-corrected chi connectivity index (χ3v) is 5.25. The molecule has 0 saturated heterocycles. The number of carbonyl (C=O) groups excluding carboxylic acids is 2. The van der Waals surface area contributed by atoms with Gasteiger partial charge < -0.3 is 20.4 Å². The molecule has 1 heterocycles. The molecule has 3 N–H and O–H groups in total. The minimum atomic E-state index is -0.641. The van der Waals surface area contributed by atoms with Crippen LogP contribution in [0.15, 0.2) is 89.3 Å². The van der Waals surface area contributed by atoms with Crippen LogP contribution in [0.5, 0.6) is 0 Å². The minimum Gasteiger partial charge on any atom is -0.459 e. The Labute approximate surface area is 186 Å². The van der Waals surface area contributed by atoms with Gasteiger partial charge in [0, 0.05) is 24.9 Å². The standard InChI is InChI=1S/C26H25N3O3/c27-26(31)28-15-14-25(30)29(18-23-16-22-8-4-5-9-24(22)32-23)17-19-10-12-21(13-11-19)20-6-2-1-3-7-20/h1-13,16H,14-15,17-18H2,(H3,27,28,31). The summed E-state index contributed by atoms with van der Waals surface area (Å²) in [6.45, 7) is 0.962. The maximum atomic E-state index is 12.9. The number of carbonyl (C=O) groups is 2. The van der Waals surface area contributed by atoms with E-state index >= 15 is 0 Å². The fraction of sp³-hybridized carbons (Fsp3) is 0.154. The molecule has 0 unspecified atom stereocenters. The predicted molar refractivity (Wildman–Crippen MR) is 125 cm³/mol. The Morgan fingerprint density at radius 3 is 2.25 bits per heavy atom. The number of amides is 3. The number of nitrogens with two attached hydrogens (primary N) is 1. The van der Waals surface area contributed by atoms with Gasteiger partial charge in [-0.3, -0.25) is 4.79 Å². The average molecular weight is 428 g/mol. The van der Waals surface area contributed by atoms with Crippen molar-refractivity contribution in [2.24, 2.45) is 5.73 Å². The van der Waals surface area contributed by atoms with E-state index in [0.717, 1.165) is 27.7 Å². The van der Waals surface area contributed by atoms with Crippen LogP contribution in [0.4, 0.5) is 4.79 Å². The highest BCUT2D eigenvalue weighted by Crippen LogP contribution is 2.23. The minimum absolute atomic E-state index is 0.0913. The number of urea groups is 1. The summed E-state index contributed by atoms with van der Waals surface area (Å²) in [4.78, 5) is 25.6. The summed E-state index contributed by atoms with van der Waals surface area (Å²) < 4.78 is 5.92. The number of furan rings is 1. The van der Waals surface area contributed by atoms with Gasteiger partial charge in [0.05, 0.1) is 6.54 Å². The van der Waals surface area contributed by atoms with E-state index in [-0.39, 0.29) is 18.9 Å². The average Bonchev–Trinajstić information content (AvgIpc) is 3.22. The number of benzene rings is 3. The van der Waals surface area contributed by atoms with Gasteiger partial charge in [-0.25, -0.2) is 4.79 Å². The quantitative estimate of drug-likeness (QED) is 0.428. The molecule has 6 nitrogen and oxygen atoms in total. The van der Waals surface area contributed by atoms with Gasteiger partial charge in [0.25, 0.3) is 0 Å². The zero-order valence-corrected chi connectivity index (χ0v) is 17.7. The van der Waals surface area contributed by atoms with Crippen LogP contribution in [0.3, 0.4) is 0 Å². The van der Waals surface area contributed by atoms with E-state index in [4.69, 9.17) is 10.2 Å². The number of nitrogens with one attached hydrogen (secondary N) is 1. The van der Waals surface area contributed by atoms with Crippen molar-refractivity contribution in [3.8, 4) is 11.1 Å². The molecule has 0 saturated carbocycles. The molecule has 162 valence electrons. The van der Waals surface area contributed by atoms with Crippen LogP contribution in [0.1, 0.15) is 17.7 Å². The molecule has 0 atom stereocenters. The van der Waals surface area contributed by atoms with Crippen molar-refractivity contribution in [1.82, 2.24) is 10.2 Å². The molecule has 3 amide bonds. The Hall–Kier alpha value is -4.06. The van der Waals surface area contributed by atoms with Crippen LogP contribution in [0, 0.1) is 0 Å². The highest BCUT2D eigenvalue weighted by molar-refractivity contribution is 5.79. The predicted octanol–water partition coefficient (Wildman–Crippen LogP) is 4.69. The first-order valence-electron chi connectivity index (χ1n) is 10.5. The molecule has 1 aromatic heterocycles. The van der Waals surface area contributed by atoms with Gasteiger partial charge in [-0.1, -0.05) is 72.8 Å². The first-order valence-corrected chi connectivity index (χ1v) is 10.5. The number of primary amides is 1. The molecule has 6 heteroatoms. The van der Waals surface area contributed by atoms with E-state index in [9.17, 15) is 9.59 Å². The number of fused-ring (bicyclic) bond motifs is 1. The lowest BCUT2D eigenvalue weighted by atomic mass is 10.0. The van der Waals surface area contributed by atoms with Crippen LogP contribution in [0.2, 0.25) is 0 Å². The van der Waals surface area contributed by atoms with E-state index < -0.39 is 6.03 Å². The monoisotopic (exact) mass is 427 g/mol. The van der Waals surface area contributed by atoms with Gasteiger partial charge in [-0.15, -0.1) is 0 Å². The van der Waals surface area contributed by atoms with E-state index in [1.165, 1.54) is 0 Å². The maximum Gasteiger partial charge on any atom is 0.312 e. The first-order chi connectivity index (χ1) is 15.6. The largest absolute Gasteiger partial charge is 0.459 e. The summed E-state index contributed by atoms with van der Waals surface area (Å²) in [7, 11) is 0. The fourth-order valence-electron chi connectivity index (χ4n) is 3.64. The van der Waals surface area contributed by atoms with E-state index in [1.807, 2.05) is 60.7 Å². The van der Waals surface area contributed by atoms with Crippen LogP contribution >= 0.6 is 0 Å². The lowest BCUT2D eigenvalue weighted by Gasteiger charge is -2.22. The molecule has 3 aromatic carbocycles. The third kappa shape index (κ3) is 5.35. The third-order valence-electron chi connectivity index (χ3n) is 5.25. The number of nitrogens with zero attached hydrogens (tertiary/aromatic N) is 1. The molecule has 0 fully saturated rings. The molecule has 0 aliphatic heterocycles. The Morgan fingerprint density at radius 1 is 0.844 bits per heavy atom. The van der Waals surface area contributed by atoms with Crippen molar-refractivity contribution in [2.45, 2.75) is 19.5 Å². The summed E-state index contributed by atoms with van der Waals surface area (Å²) in [6.07, 6.45) is 0.158. The lowest BCUT2D eigenvalue weighted by Crippen LogP contribution is -2.35. The van der Waals surface area contributed by atoms with Crippen LogP contribution < -0.4 is 11.1 Å². The summed E-state index contributed by atoms with van der Waals surface area (Å²) in [6, 6.07) is 27.4. The molecular weight excluding hydrogens is 402 g/mol. The lowest BCUT2D eigenvalue weighted by molar-refractivity contribution is -0.132. The molecule has 4 aromatic rings. The van der Waals surface area contributed by atoms with E-state index in [0.29, 0.717) is 18.8 Å². The van der Waals surface area contributed by atoms with Gasteiger partial charge in [0.15, 0.2) is 0 Å². The molecule has 0 radical (unpaired) electrons. The molecule has 0 aliphatic rings. The fourth-order valence-corrected chi connectivity index (χ4v) is 3.64. The summed E-state index contributed by atoms with van der Waals surface area (Å²) in [5.74, 6) is 0.620. The van der Waals surface area contributed by atoms with Crippen molar-refractivity contribution in [3.05, 3.63) is 96.3 Å². The smallest absolute Gasteiger partial charge is 0.312 e. The number of para-hydroxylation sites is 1. The first kappa shape index (κ1) is 21.2. The number of rotatable bonds is 8. The van der Waals surface area contributed by atoms with Crippen molar-refractivity contribution in [1.29, 1.82) is 0 Å². The highest BCUT2D eigenvalue weighted by atomic mass is 16.3. The van der Waals surface area contributed by atoms with Crippen molar-refractivity contribution < 1.29 is 14.0 Å². The van der Waals surface area contributed by atoms with Crippen LogP contribution in [-0.4, -0.2) is 23.4 Å². The number of hydrogen-bond donors (Lipinski definition) is 2. The molecule has 0 bridgehead atoms. The van der Waals surface area contributed by atoms with Gasteiger partial charge in [-0.05, 0) is 28.8 Å². The van der Waals surface area contributed by atoms with Gasteiger partial charge in [-0.2, -0.15) is 0 Å². The second kappa shape index (κ2) is 9.83. The molecule has 0 spiro atoms. The summed E-state index contributed by atoms with van der Waals surface area (Å²) in [5.41, 5.74) is 9.18. The van der Waals surface area contributed by atoms with Crippen molar-refractivity contribution in [2.75, 3.05) is 6.54 Å². The second-order valence-corrected chi connectivity index (χ2v) is 7.60. The van der Waals surface area contributed by atoms with Crippen molar-refractivity contribution in [3.63, 3.8) is 0 Å². The Morgan fingerprint density at radius 2 is 1.53 bits per heavy atom. The maximum absolute atomic E-state index is 12.9. The zero-order chi connectivity index (χ0) is 22.3. The summed E-state index contributed by atoms with van der Waals surface area (Å²) in [5, 5.41) is 3.47. The molecular formula is C26H25N3O3. The Balaban J connectivity index is 1.51. The Bertz CT molecular complexity index is 1170. The Kier molecular flexibility index (Phi) is 6.51. The van der Waals surface area contributed by atoms with Gasteiger partial charge in [0.2, 0.25) is 5.91 Å². The van der Waals surface area contributed by atoms with E-state index in [2.05, 4.69) is 29.6 Å². The number of hydrogen-bond acceptors (Lipinski definition) is 3. The zero-order valence-electron chi connectivity index (χ0n) is 17.7. The van der Waals surface area contributed by atoms with Gasteiger partial charge in [0.1, 0.15) is 11.3 Å².